The van der Waals surface area contributed by atoms with Gasteiger partial charge >= 0.3 is 0 Å². The molecular weight excluding hydrogens is 240 g/mol. The zero-order valence-corrected chi connectivity index (χ0v) is 9.02. The predicted octanol–water partition coefficient (Wildman–Crippen LogP) is 2.91. The standard InChI is InChI=1S/C8H9BrO2S/c1-6(9)8(12)11-5-7-3-2-4-10-7/h2-4,6H,5H2,1H3. The van der Waals surface area contributed by atoms with Crippen molar-refractivity contribution >= 4 is 33.2 Å². The number of rotatable bonds is 3. The van der Waals surface area contributed by atoms with Crippen LogP contribution in [0.4, 0.5) is 0 Å². The van der Waals surface area contributed by atoms with Crippen LogP contribution in [0, 0.1) is 0 Å². The van der Waals surface area contributed by atoms with Crippen LogP contribution in [0.5, 0.6) is 0 Å². The zero-order chi connectivity index (χ0) is 8.97. The van der Waals surface area contributed by atoms with Crippen LogP contribution in [0.2, 0.25) is 0 Å². The third-order valence-corrected chi connectivity index (χ3v) is 2.45. The Bertz CT molecular complexity index is 244. The molecule has 0 spiro atoms. The van der Waals surface area contributed by atoms with Crippen molar-refractivity contribution in [2.45, 2.75) is 18.4 Å². The number of thiocarbonyl (C=S) groups is 1. The first kappa shape index (κ1) is 9.74. The van der Waals surface area contributed by atoms with E-state index in [1.807, 2.05) is 19.1 Å². The van der Waals surface area contributed by atoms with Gasteiger partial charge in [-0.3, -0.25) is 0 Å². The quantitative estimate of drug-likeness (QED) is 0.607. The van der Waals surface area contributed by atoms with E-state index in [9.17, 15) is 0 Å². The van der Waals surface area contributed by atoms with Crippen LogP contribution < -0.4 is 0 Å². The van der Waals surface area contributed by atoms with Gasteiger partial charge in [0.05, 0.1) is 11.1 Å². The molecule has 1 atom stereocenters. The van der Waals surface area contributed by atoms with Gasteiger partial charge < -0.3 is 9.15 Å². The molecule has 0 bridgehead atoms. The fraction of sp³-hybridized carbons (Fsp3) is 0.375. The molecular formula is C8H9BrO2S. The van der Waals surface area contributed by atoms with Crippen LogP contribution in [0.15, 0.2) is 22.8 Å². The van der Waals surface area contributed by atoms with Gasteiger partial charge in [0.1, 0.15) is 12.4 Å². The van der Waals surface area contributed by atoms with Gasteiger partial charge in [0.15, 0.2) is 5.05 Å². The van der Waals surface area contributed by atoms with Gasteiger partial charge in [-0.05, 0) is 31.3 Å². The maximum absolute atomic E-state index is 5.24. The van der Waals surface area contributed by atoms with E-state index in [-0.39, 0.29) is 4.83 Å². The lowest BCUT2D eigenvalue weighted by Crippen LogP contribution is -2.10. The van der Waals surface area contributed by atoms with Crippen LogP contribution in [0.25, 0.3) is 0 Å². The minimum absolute atomic E-state index is 0.0995. The monoisotopic (exact) mass is 248 g/mol. The van der Waals surface area contributed by atoms with Crippen molar-refractivity contribution in [2.24, 2.45) is 0 Å². The van der Waals surface area contributed by atoms with E-state index in [1.54, 1.807) is 6.26 Å². The number of halogens is 1. The van der Waals surface area contributed by atoms with Gasteiger partial charge in [-0.1, -0.05) is 15.9 Å². The summed E-state index contributed by atoms with van der Waals surface area (Å²) in [4.78, 5) is 0.0995. The summed E-state index contributed by atoms with van der Waals surface area (Å²) < 4.78 is 10.3. The summed E-state index contributed by atoms with van der Waals surface area (Å²) in [6.45, 7) is 2.33. The van der Waals surface area contributed by atoms with Gasteiger partial charge in [-0.15, -0.1) is 0 Å². The summed E-state index contributed by atoms with van der Waals surface area (Å²) in [6, 6.07) is 3.67. The van der Waals surface area contributed by atoms with Crippen LogP contribution in [-0.2, 0) is 11.3 Å². The lowest BCUT2D eigenvalue weighted by Gasteiger charge is -2.06. The highest BCUT2D eigenvalue weighted by Gasteiger charge is 2.05. The Kier molecular flexibility index (Phi) is 3.75. The molecule has 12 heavy (non-hydrogen) atoms. The SMILES string of the molecule is CC(Br)C(=S)OCc1ccco1. The van der Waals surface area contributed by atoms with E-state index in [1.165, 1.54) is 0 Å². The Morgan fingerprint density at radius 1 is 1.83 bits per heavy atom. The van der Waals surface area contributed by atoms with E-state index >= 15 is 0 Å². The second-order valence-electron chi connectivity index (χ2n) is 2.30. The number of furan rings is 1. The summed E-state index contributed by atoms with van der Waals surface area (Å²) >= 11 is 8.25. The van der Waals surface area contributed by atoms with Crippen molar-refractivity contribution in [1.29, 1.82) is 0 Å². The van der Waals surface area contributed by atoms with Crippen molar-refractivity contribution < 1.29 is 9.15 Å². The van der Waals surface area contributed by atoms with Crippen molar-refractivity contribution in [1.82, 2.24) is 0 Å². The lowest BCUT2D eigenvalue weighted by molar-refractivity contribution is 0.260. The van der Waals surface area contributed by atoms with Gasteiger partial charge in [-0.2, -0.15) is 0 Å². The Morgan fingerprint density at radius 3 is 3.08 bits per heavy atom. The van der Waals surface area contributed by atoms with E-state index in [2.05, 4.69) is 15.9 Å². The summed E-state index contributed by atoms with van der Waals surface area (Å²) in [5.74, 6) is 0.783. The van der Waals surface area contributed by atoms with E-state index < -0.39 is 0 Å². The highest BCUT2D eigenvalue weighted by Crippen LogP contribution is 2.07. The first-order valence-electron chi connectivity index (χ1n) is 3.53. The molecule has 0 aliphatic heterocycles. The van der Waals surface area contributed by atoms with E-state index in [0.29, 0.717) is 11.7 Å². The van der Waals surface area contributed by atoms with Crippen molar-refractivity contribution in [3.05, 3.63) is 24.2 Å². The van der Waals surface area contributed by atoms with Gasteiger partial charge in [-0.25, -0.2) is 0 Å². The Balaban J connectivity index is 2.32. The van der Waals surface area contributed by atoms with Crippen LogP contribution >= 0.6 is 28.1 Å². The first-order valence-corrected chi connectivity index (χ1v) is 4.85. The molecule has 0 saturated carbocycles. The fourth-order valence-corrected chi connectivity index (χ4v) is 0.843. The van der Waals surface area contributed by atoms with Crippen molar-refractivity contribution in [3.63, 3.8) is 0 Å². The van der Waals surface area contributed by atoms with Crippen LogP contribution in [0.3, 0.4) is 0 Å². The third-order valence-electron chi connectivity index (χ3n) is 1.26. The first-order chi connectivity index (χ1) is 5.70. The molecule has 2 nitrogen and oxygen atoms in total. The van der Waals surface area contributed by atoms with E-state index in [4.69, 9.17) is 21.4 Å². The molecule has 0 radical (unpaired) electrons. The molecule has 0 aromatic carbocycles. The molecule has 1 aromatic rings. The second kappa shape index (κ2) is 4.62. The summed E-state index contributed by atoms with van der Waals surface area (Å²) in [5, 5.41) is 0.548. The van der Waals surface area contributed by atoms with Gasteiger partial charge in [0, 0.05) is 0 Å². The molecule has 1 unspecified atom stereocenters. The minimum atomic E-state index is 0.0995. The topological polar surface area (TPSA) is 22.4 Å². The summed E-state index contributed by atoms with van der Waals surface area (Å²) in [5.41, 5.74) is 0. The number of ether oxygens (including phenoxy) is 1. The molecule has 0 N–H and O–H groups in total. The molecule has 0 aliphatic rings. The molecule has 1 heterocycles. The summed E-state index contributed by atoms with van der Waals surface area (Å²) in [7, 11) is 0. The maximum atomic E-state index is 5.24. The molecule has 0 amide bonds. The molecule has 0 fully saturated rings. The fourth-order valence-electron chi connectivity index (χ4n) is 0.652. The van der Waals surface area contributed by atoms with E-state index in [0.717, 1.165) is 5.76 Å². The number of alkyl halides is 1. The smallest absolute Gasteiger partial charge is 0.173 e. The average Bonchev–Trinajstić information content (AvgIpc) is 2.51. The summed E-state index contributed by atoms with van der Waals surface area (Å²) in [6.07, 6.45) is 1.61. The third kappa shape index (κ3) is 2.95. The molecule has 0 saturated heterocycles. The normalized spacial score (nSPS) is 12.5. The molecule has 66 valence electrons. The largest absolute Gasteiger partial charge is 0.478 e. The van der Waals surface area contributed by atoms with Crippen LogP contribution in [0.1, 0.15) is 12.7 Å². The predicted molar refractivity (Wildman–Crippen MR) is 54.5 cm³/mol. The maximum Gasteiger partial charge on any atom is 0.173 e. The average molecular weight is 249 g/mol. The van der Waals surface area contributed by atoms with Crippen molar-refractivity contribution in [2.75, 3.05) is 0 Å². The van der Waals surface area contributed by atoms with Crippen molar-refractivity contribution in [3.8, 4) is 0 Å². The molecule has 1 aromatic heterocycles. The minimum Gasteiger partial charge on any atom is -0.478 e. The molecule has 1 rings (SSSR count). The zero-order valence-electron chi connectivity index (χ0n) is 6.62. The highest BCUT2D eigenvalue weighted by atomic mass is 79.9. The highest BCUT2D eigenvalue weighted by molar-refractivity contribution is 9.10. The Hall–Kier alpha value is -0.350. The van der Waals surface area contributed by atoms with Gasteiger partial charge in [0.25, 0.3) is 0 Å². The number of hydrogen-bond donors (Lipinski definition) is 0. The second-order valence-corrected chi connectivity index (χ2v) is 4.08. The lowest BCUT2D eigenvalue weighted by atomic mass is 10.5. The number of hydrogen-bond acceptors (Lipinski definition) is 3. The molecule has 0 aliphatic carbocycles. The molecule has 4 heteroatoms. The van der Waals surface area contributed by atoms with Gasteiger partial charge in [0.2, 0.25) is 0 Å². The van der Waals surface area contributed by atoms with Crippen LogP contribution in [-0.4, -0.2) is 9.88 Å². The Labute approximate surface area is 85.0 Å². The Morgan fingerprint density at radius 2 is 2.58 bits per heavy atom.